The summed E-state index contributed by atoms with van der Waals surface area (Å²) in [5.41, 5.74) is 2.01. The van der Waals surface area contributed by atoms with Crippen molar-refractivity contribution in [2.24, 2.45) is 0 Å². The number of hydrogen-bond acceptors (Lipinski definition) is 4. The van der Waals surface area contributed by atoms with Gasteiger partial charge in [0.2, 0.25) is 5.91 Å². The molecule has 19 heavy (non-hydrogen) atoms. The van der Waals surface area contributed by atoms with Crippen LogP contribution in [0, 0.1) is 0 Å². The van der Waals surface area contributed by atoms with Gasteiger partial charge < -0.3 is 20.3 Å². The van der Waals surface area contributed by atoms with Gasteiger partial charge >= 0.3 is 0 Å². The quantitative estimate of drug-likeness (QED) is 0.862. The maximum absolute atomic E-state index is 12.4. The van der Waals surface area contributed by atoms with Crippen LogP contribution in [0.5, 0.6) is 0 Å². The molecule has 1 heterocycles. The van der Waals surface area contributed by atoms with Gasteiger partial charge in [-0.2, -0.15) is 0 Å². The van der Waals surface area contributed by atoms with E-state index in [4.69, 9.17) is 4.74 Å². The molecule has 0 fully saturated rings. The fourth-order valence-corrected chi connectivity index (χ4v) is 2.18. The lowest BCUT2D eigenvalue weighted by Crippen LogP contribution is -2.50. The minimum absolute atomic E-state index is 0.0662. The molecule has 0 saturated heterocycles. The first-order chi connectivity index (χ1) is 9.13. The lowest BCUT2D eigenvalue weighted by atomic mass is 10.1. The highest BCUT2D eigenvalue weighted by atomic mass is 16.5. The van der Waals surface area contributed by atoms with Crippen LogP contribution in [0.25, 0.3) is 0 Å². The Balaban J connectivity index is 2.02. The number of carbonyl (C=O) groups is 1. The Labute approximate surface area is 113 Å². The van der Waals surface area contributed by atoms with Crippen molar-refractivity contribution in [3.63, 3.8) is 0 Å². The van der Waals surface area contributed by atoms with E-state index in [-0.39, 0.29) is 18.0 Å². The van der Waals surface area contributed by atoms with E-state index < -0.39 is 0 Å². The number of rotatable bonds is 4. The van der Waals surface area contributed by atoms with E-state index in [9.17, 15) is 4.79 Å². The van der Waals surface area contributed by atoms with Crippen molar-refractivity contribution in [3.8, 4) is 0 Å². The van der Waals surface area contributed by atoms with Crippen molar-refractivity contribution >= 4 is 17.3 Å². The third kappa shape index (κ3) is 2.98. The molecule has 0 bridgehead atoms. The molecule has 0 aliphatic carbocycles. The molecule has 2 atom stereocenters. The summed E-state index contributed by atoms with van der Waals surface area (Å²) in [5.74, 6) is 0.0755. The van der Waals surface area contributed by atoms with Crippen LogP contribution in [-0.4, -0.2) is 50.2 Å². The largest absolute Gasteiger partial charge is 0.383 e. The van der Waals surface area contributed by atoms with Gasteiger partial charge in [-0.1, -0.05) is 12.1 Å². The number of carbonyl (C=O) groups excluding carboxylic acids is 1. The third-order valence-corrected chi connectivity index (χ3v) is 3.47. The predicted octanol–water partition coefficient (Wildman–Crippen LogP) is 1.39. The zero-order valence-corrected chi connectivity index (χ0v) is 11.6. The van der Waals surface area contributed by atoms with Crippen LogP contribution in [0.15, 0.2) is 24.3 Å². The summed E-state index contributed by atoms with van der Waals surface area (Å²) in [7, 11) is 3.46. The molecule has 2 N–H and O–H groups in total. The zero-order valence-electron chi connectivity index (χ0n) is 11.6. The summed E-state index contributed by atoms with van der Waals surface area (Å²) < 4.78 is 5.09. The molecule has 0 aromatic heterocycles. The lowest BCUT2D eigenvalue weighted by Gasteiger charge is -2.32. The number of nitrogens with one attached hydrogen (secondary N) is 2. The second-order valence-electron chi connectivity index (χ2n) is 4.88. The van der Waals surface area contributed by atoms with Crippen LogP contribution in [0.1, 0.15) is 6.92 Å². The fourth-order valence-electron chi connectivity index (χ4n) is 2.18. The van der Waals surface area contributed by atoms with Gasteiger partial charge in [-0.25, -0.2) is 0 Å². The van der Waals surface area contributed by atoms with Gasteiger partial charge in [0, 0.05) is 20.7 Å². The minimum atomic E-state index is -0.237. The Hall–Kier alpha value is -1.75. The molecule has 1 aromatic rings. The molecule has 2 unspecified atom stereocenters. The second-order valence-corrected chi connectivity index (χ2v) is 4.88. The lowest BCUT2D eigenvalue weighted by molar-refractivity contribution is -0.133. The molecular weight excluding hydrogens is 242 g/mol. The van der Waals surface area contributed by atoms with Crippen molar-refractivity contribution in [1.29, 1.82) is 0 Å². The standard InChI is InChI=1S/C14H21N3O2/c1-10(9-19-3)17(2)14(18)13-8-15-11-6-4-5-7-12(11)16-13/h4-7,10,13,15-16H,8-9H2,1-3H3. The predicted molar refractivity (Wildman–Crippen MR) is 76.5 cm³/mol. The molecule has 0 saturated carbocycles. The van der Waals surface area contributed by atoms with Crippen LogP contribution < -0.4 is 10.6 Å². The van der Waals surface area contributed by atoms with Crippen LogP contribution in [0.3, 0.4) is 0 Å². The maximum atomic E-state index is 12.4. The highest BCUT2D eigenvalue weighted by Crippen LogP contribution is 2.25. The van der Waals surface area contributed by atoms with E-state index in [2.05, 4.69) is 10.6 Å². The number of methoxy groups -OCH3 is 1. The van der Waals surface area contributed by atoms with Gasteiger partial charge in [0.05, 0.1) is 24.0 Å². The Kier molecular flexibility index (Phi) is 4.27. The monoisotopic (exact) mass is 263 g/mol. The van der Waals surface area contributed by atoms with Crippen molar-refractivity contribution in [1.82, 2.24) is 4.90 Å². The first-order valence-electron chi connectivity index (χ1n) is 6.48. The molecule has 2 rings (SSSR count). The normalized spacial score (nSPS) is 18.8. The van der Waals surface area contributed by atoms with E-state index in [1.165, 1.54) is 0 Å². The average Bonchev–Trinajstić information content (AvgIpc) is 2.45. The number of nitrogens with zero attached hydrogens (tertiary/aromatic N) is 1. The molecule has 1 aliphatic heterocycles. The van der Waals surface area contributed by atoms with E-state index in [0.717, 1.165) is 11.4 Å². The van der Waals surface area contributed by atoms with Crippen LogP contribution in [-0.2, 0) is 9.53 Å². The van der Waals surface area contributed by atoms with E-state index in [0.29, 0.717) is 13.2 Å². The number of benzene rings is 1. The van der Waals surface area contributed by atoms with Crippen LogP contribution in [0.2, 0.25) is 0 Å². The Morgan fingerprint density at radius 1 is 1.47 bits per heavy atom. The fraction of sp³-hybridized carbons (Fsp3) is 0.500. The average molecular weight is 263 g/mol. The SMILES string of the molecule is COCC(C)N(C)C(=O)C1CNc2ccccc2N1. The number of para-hydroxylation sites is 2. The van der Waals surface area contributed by atoms with Crippen molar-refractivity contribution < 1.29 is 9.53 Å². The van der Waals surface area contributed by atoms with Gasteiger partial charge in [0.15, 0.2) is 0 Å². The zero-order chi connectivity index (χ0) is 13.8. The van der Waals surface area contributed by atoms with Crippen LogP contribution in [0.4, 0.5) is 11.4 Å². The van der Waals surface area contributed by atoms with Gasteiger partial charge in [0.25, 0.3) is 0 Å². The summed E-state index contributed by atoms with van der Waals surface area (Å²) >= 11 is 0. The van der Waals surface area contributed by atoms with Crippen molar-refractivity contribution in [3.05, 3.63) is 24.3 Å². The molecular formula is C14H21N3O2. The van der Waals surface area contributed by atoms with E-state index in [1.807, 2.05) is 38.2 Å². The maximum Gasteiger partial charge on any atom is 0.246 e. The molecule has 104 valence electrons. The van der Waals surface area contributed by atoms with Gasteiger partial charge in [-0.15, -0.1) is 0 Å². The first kappa shape index (κ1) is 13.7. The summed E-state index contributed by atoms with van der Waals surface area (Å²) in [6, 6.07) is 7.73. The Morgan fingerprint density at radius 2 is 2.16 bits per heavy atom. The Bertz CT molecular complexity index is 450. The van der Waals surface area contributed by atoms with Gasteiger partial charge in [-0.3, -0.25) is 4.79 Å². The second kappa shape index (κ2) is 5.93. The summed E-state index contributed by atoms with van der Waals surface area (Å²) in [6.45, 7) is 3.12. The molecule has 1 aliphatic rings. The number of hydrogen-bond donors (Lipinski definition) is 2. The smallest absolute Gasteiger partial charge is 0.246 e. The molecule has 1 amide bonds. The molecule has 5 heteroatoms. The summed E-state index contributed by atoms with van der Waals surface area (Å²) in [6.07, 6.45) is 0. The number of amides is 1. The first-order valence-corrected chi connectivity index (χ1v) is 6.48. The van der Waals surface area contributed by atoms with E-state index in [1.54, 1.807) is 12.0 Å². The number of likely N-dealkylation sites (N-methyl/N-ethyl adjacent to an activating group) is 1. The molecule has 5 nitrogen and oxygen atoms in total. The topological polar surface area (TPSA) is 53.6 Å². The van der Waals surface area contributed by atoms with Crippen molar-refractivity contribution in [2.75, 3.05) is 37.9 Å². The molecule has 0 spiro atoms. The Morgan fingerprint density at radius 3 is 2.84 bits per heavy atom. The number of ether oxygens (including phenoxy) is 1. The van der Waals surface area contributed by atoms with Crippen molar-refractivity contribution in [2.45, 2.75) is 19.0 Å². The third-order valence-electron chi connectivity index (χ3n) is 3.47. The minimum Gasteiger partial charge on any atom is -0.383 e. The number of fused-ring (bicyclic) bond motifs is 1. The van der Waals surface area contributed by atoms with Gasteiger partial charge in [0.1, 0.15) is 6.04 Å². The highest BCUT2D eigenvalue weighted by molar-refractivity contribution is 5.88. The van der Waals surface area contributed by atoms with Gasteiger partial charge in [-0.05, 0) is 19.1 Å². The highest BCUT2D eigenvalue weighted by Gasteiger charge is 2.27. The summed E-state index contributed by atoms with van der Waals surface area (Å²) in [5, 5.41) is 6.56. The van der Waals surface area contributed by atoms with Crippen LogP contribution >= 0.6 is 0 Å². The number of anilines is 2. The van der Waals surface area contributed by atoms with E-state index >= 15 is 0 Å². The molecule has 0 radical (unpaired) electrons. The molecule has 1 aromatic carbocycles. The summed E-state index contributed by atoms with van der Waals surface area (Å²) in [4.78, 5) is 14.1.